The molecule has 1 rings (SSSR count). The molecular formula is C26H46OS2. The molecule has 0 aliphatic rings. The Labute approximate surface area is 190 Å². The molecule has 29 heavy (non-hydrogen) atoms. The van der Waals surface area contributed by atoms with Crippen LogP contribution in [0, 0.1) is 13.8 Å². The highest BCUT2D eigenvalue weighted by molar-refractivity contribution is 7.98. The summed E-state index contributed by atoms with van der Waals surface area (Å²) in [4.78, 5) is 0. The van der Waals surface area contributed by atoms with Gasteiger partial charge in [0.1, 0.15) is 5.75 Å². The zero-order valence-electron chi connectivity index (χ0n) is 19.7. The fraction of sp³-hybridized carbons (Fsp3) is 0.769. The largest absolute Gasteiger partial charge is 0.507 e. The van der Waals surface area contributed by atoms with E-state index in [0.717, 1.165) is 22.6 Å². The van der Waals surface area contributed by atoms with Gasteiger partial charge in [0, 0.05) is 17.1 Å². The highest BCUT2D eigenvalue weighted by Crippen LogP contribution is 2.33. The van der Waals surface area contributed by atoms with Crippen molar-refractivity contribution in [2.75, 3.05) is 11.5 Å². The average Bonchev–Trinajstić information content (AvgIpc) is 2.72. The first-order valence-electron chi connectivity index (χ1n) is 12.1. The summed E-state index contributed by atoms with van der Waals surface area (Å²) in [6.45, 7) is 8.80. The zero-order valence-corrected chi connectivity index (χ0v) is 21.3. The Morgan fingerprint density at radius 3 is 1.59 bits per heavy atom. The maximum absolute atomic E-state index is 10.6. The lowest BCUT2D eigenvalue weighted by Crippen LogP contribution is -1.97. The predicted molar refractivity (Wildman–Crippen MR) is 137 cm³/mol. The van der Waals surface area contributed by atoms with Crippen LogP contribution in [0.3, 0.4) is 0 Å². The quantitative estimate of drug-likeness (QED) is 0.231. The van der Waals surface area contributed by atoms with Gasteiger partial charge >= 0.3 is 0 Å². The Morgan fingerprint density at radius 2 is 1.07 bits per heavy atom. The Morgan fingerprint density at radius 1 is 0.621 bits per heavy atom. The standard InChI is InChI=1S/C26H46OS2/c1-5-7-9-11-13-15-17-28-20-24-19-25(26(27)23(4)22(24)3)21-29-18-16-14-12-10-8-6-2/h19,27H,5-18,20-21H2,1-4H3. The van der Waals surface area contributed by atoms with Crippen LogP contribution in [0.25, 0.3) is 0 Å². The van der Waals surface area contributed by atoms with Gasteiger partial charge in [-0.3, -0.25) is 0 Å². The minimum Gasteiger partial charge on any atom is -0.507 e. The normalized spacial score (nSPS) is 11.3. The summed E-state index contributed by atoms with van der Waals surface area (Å²) in [7, 11) is 0. The molecule has 168 valence electrons. The Bertz CT molecular complexity index is 498. The SMILES string of the molecule is CCCCCCCCSCc1cc(CSCCCCCCCC)c(O)c(C)c1C. The molecule has 1 nitrogen and oxygen atoms in total. The molecule has 0 radical (unpaired) electrons. The molecule has 0 bridgehead atoms. The van der Waals surface area contributed by atoms with E-state index in [1.807, 2.05) is 11.8 Å². The lowest BCUT2D eigenvalue weighted by Gasteiger charge is -2.15. The molecule has 0 saturated carbocycles. The van der Waals surface area contributed by atoms with E-state index in [4.69, 9.17) is 0 Å². The lowest BCUT2D eigenvalue weighted by atomic mass is 10.00. The second-order valence-corrected chi connectivity index (χ2v) is 10.6. The van der Waals surface area contributed by atoms with Crippen molar-refractivity contribution in [3.05, 3.63) is 28.3 Å². The van der Waals surface area contributed by atoms with Crippen molar-refractivity contribution in [1.29, 1.82) is 0 Å². The van der Waals surface area contributed by atoms with Crippen molar-refractivity contribution in [3.63, 3.8) is 0 Å². The molecule has 1 aromatic carbocycles. The second-order valence-electron chi connectivity index (χ2n) is 8.43. The average molecular weight is 439 g/mol. The topological polar surface area (TPSA) is 20.2 Å². The highest BCUT2D eigenvalue weighted by Gasteiger charge is 2.12. The fourth-order valence-electron chi connectivity index (χ4n) is 3.64. The summed E-state index contributed by atoms with van der Waals surface area (Å²) in [5, 5.41) is 10.6. The van der Waals surface area contributed by atoms with Crippen LogP contribution < -0.4 is 0 Å². The van der Waals surface area contributed by atoms with Crippen LogP contribution in [0.5, 0.6) is 5.75 Å². The van der Waals surface area contributed by atoms with Gasteiger partial charge in [0.25, 0.3) is 0 Å². The summed E-state index contributed by atoms with van der Waals surface area (Å²) >= 11 is 4.04. The summed E-state index contributed by atoms with van der Waals surface area (Å²) in [6.07, 6.45) is 16.3. The van der Waals surface area contributed by atoms with Crippen LogP contribution in [0.2, 0.25) is 0 Å². The lowest BCUT2D eigenvalue weighted by molar-refractivity contribution is 0.465. The van der Waals surface area contributed by atoms with Gasteiger partial charge in [0.15, 0.2) is 0 Å². The molecule has 1 aromatic rings. The molecular weight excluding hydrogens is 392 g/mol. The maximum Gasteiger partial charge on any atom is 0.122 e. The van der Waals surface area contributed by atoms with Gasteiger partial charge in [-0.2, -0.15) is 23.5 Å². The minimum atomic E-state index is 0.530. The van der Waals surface area contributed by atoms with Gasteiger partial charge in [-0.25, -0.2) is 0 Å². The van der Waals surface area contributed by atoms with E-state index in [1.54, 1.807) is 0 Å². The number of thioether (sulfide) groups is 2. The van der Waals surface area contributed by atoms with Gasteiger partial charge in [-0.1, -0.05) is 84.1 Å². The first-order valence-corrected chi connectivity index (χ1v) is 14.4. The number of phenols is 1. The number of hydrogen-bond acceptors (Lipinski definition) is 3. The number of phenolic OH excluding ortho intramolecular Hbond substituents is 1. The maximum atomic E-state index is 10.6. The third kappa shape index (κ3) is 11.6. The zero-order chi connectivity index (χ0) is 21.3. The monoisotopic (exact) mass is 438 g/mol. The van der Waals surface area contributed by atoms with E-state index < -0.39 is 0 Å². The molecule has 3 heteroatoms. The van der Waals surface area contributed by atoms with Gasteiger partial charge in [0.05, 0.1) is 0 Å². The third-order valence-corrected chi connectivity index (χ3v) is 8.04. The van der Waals surface area contributed by atoms with Gasteiger partial charge < -0.3 is 5.11 Å². The van der Waals surface area contributed by atoms with Crippen molar-refractivity contribution in [1.82, 2.24) is 0 Å². The number of rotatable bonds is 18. The Kier molecular flexibility index (Phi) is 16.1. The van der Waals surface area contributed by atoms with Gasteiger partial charge in [-0.05, 0) is 54.9 Å². The van der Waals surface area contributed by atoms with Crippen molar-refractivity contribution < 1.29 is 5.11 Å². The second kappa shape index (κ2) is 17.4. The molecule has 0 heterocycles. The fourth-order valence-corrected chi connectivity index (χ4v) is 5.70. The smallest absolute Gasteiger partial charge is 0.122 e. The van der Waals surface area contributed by atoms with Crippen molar-refractivity contribution in [2.24, 2.45) is 0 Å². The van der Waals surface area contributed by atoms with Crippen molar-refractivity contribution in [3.8, 4) is 5.75 Å². The molecule has 0 amide bonds. The molecule has 0 aliphatic carbocycles. The van der Waals surface area contributed by atoms with Gasteiger partial charge in [0.2, 0.25) is 0 Å². The first-order chi connectivity index (χ1) is 14.1. The van der Waals surface area contributed by atoms with E-state index in [-0.39, 0.29) is 0 Å². The summed E-state index contributed by atoms with van der Waals surface area (Å²) < 4.78 is 0. The van der Waals surface area contributed by atoms with Crippen LogP contribution in [0.15, 0.2) is 6.07 Å². The van der Waals surface area contributed by atoms with Crippen molar-refractivity contribution in [2.45, 2.75) is 116 Å². The molecule has 0 spiro atoms. The number of benzene rings is 1. The predicted octanol–water partition coefficient (Wildman–Crippen LogP) is 9.20. The summed E-state index contributed by atoms with van der Waals surface area (Å²) in [6, 6.07) is 2.28. The Balaban J connectivity index is 2.35. The van der Waals surface area contributed by atoms with Crippen LogP contribution in [0.1, 0.15) is 113 Å². The molecule has 0 aromatic heterocycles. The Hall–Kier alpha value is -0.280. The molecule has 0 atom stereocenters. The number of hydrogen-bond donors (Lipinski definition) is 1. The summed E-state index contributed by atoms with van der Waals surface area (Å²) in [5.41, 5.74) is 4.92. The summed E-state index contributed by atoms with van der Waals surface area (Å²) in [5.74, 6) is 5.02. The van der Waals surface area contributed by atoms with E-state index >= 15 is 0 Å². The van der Waals surface area contributed by atoms with E-state index in [2.05, 4.69) is 45.5 Å². The first kappa shape index (κ1) is 26.8. The van der Waals surface area contributed by atoms with Crippen LogP contribution in [-0.2, 0) is 11.5 Å². The van der Waals surface area contributed by atoms with Gasteiger partial charge in [-0.15, -0.1) is 0 Å². The number of unbranched alkanes of at least 4 members (excludes halogenated alkanes) is 10. The minimum absolute atomic E-state index is 0.530. The van der Waals surface area contributed by atoms with Crippen LogP contribution in [-0.4, -0.2) is 16.6 Å². The highest BCUT2D eigenvalue weighted by atomic mass is 32.2. The van der Waals surface area contributed by atoms with E-state index in [1.165, 1.54) is 99.7 Å². The van der Waals surface area contributed by atoms with E-state index in [0.29, 0.717) is 5.75 Å². The van der Waals surface area contributed by atoms with Crippen LogP contribution >= 0.6 is 23.5 Å². The molecule has 0 aliphatic heterocycles. The molecule has 0 saturated heterocycles. The van der Waals surface area contributed by atoms with Crippen LogP contribution in [0.4, 0.5) is 0 Å². The molecule has 1 N–H and O–H groups in total. The van der Waals surface area contributed by atoms with E-state index in [9.17, 15) is 5.11 Å². The number of aromatic hydroxyl groups is 1. The third-order valence-electron chi connectivity index (χ3n) is 5.85. The molecule has 0 unspecified atom stereocenters. The van der Waals surface area contributed by atoms with Crippen molar-refractivity contribution >= 4 is 23.5 Å². The molecule has 0 fully saturated rings.